The summed E-state index contributed by atoms with van der Waals surface area (Å²) in [6.45, 7) is 0. The third-order valence-electron chi connectivity index (χ3n) is 12.1. The Morgan fingerprint density at radius 2 is 0.967 bits per heavy atom. The van der Waals surface area contributed by atoms with Crippen molar-refractivity contribution in [3.63, 3.8) is 0 Å². The van der Waals surface area contributed by atoms with Crippen LogP contribution in [0.4, 0.5) is 17.1 Å². The third kappa shape index (κ3) is 6.01. The quantitative estimate of drug-likeness (QED) is 0.156. The average Bonchev–Trinajstić information content (AvgIpc) is 3.89. The molecule has 2 nitrogen and oxygen atoms in total. The van der Waals surface area contributed by atoms with Crippen LogP contribution in [0.15, 0.2) is 231 Å². The second-order valence-corrected chi connectivity index (χ2v) is 16.8. The van der Waals surface area contributed by atoms with Gasteiger partial charge in [0, 0.05) is 43.3 Å². The van der Waals surface area contributed by atoms with Crippen LogP contribution in [-0.4, -0.2) is 4.57 Å². The first-order chi connectivity index (χ1) is 30.2. The standard InChI is InChI=1S/C58H38N2S/c1-4-16-39(17-5-1)44-35-45(40-18-6-2-7-19-40)38-48(37-44)59(55-28-15-25-51-50-22-11-13-29-56(50)61-58(51)55)47-33-32-41-34-43(31-30-42(41)36-47)49-24-14-27-54-57(49)52-23-10-12-26-53(52)60(54)46-20-8-3-9-21-46/h1-38H. The maximum absolute atomic E-state index is 2.48. The highest BCUT2D eigenvalue weighted by atomic mass is 32.1. The number of aromatic nitrogens is 1. The first kappa shape index (κ1) is 35.2. The molecule has 0 aliphatic carbocycles. The molecule has 12 rings (SSSR count). The number of benzene rings is 10. The molecular formula is C58H38N2S. The van der Waals surface area contributed by atoms with E-state index in [1.807, 2.05) is 11.3 Å². The number of thiophene rings is 1. The monoisotopic (exact) mass is 794 g/mol. The molecule has 0 aliphatic heterocycles. The van der Waals surface area contributed by atoms with E-state index < -0.39 is 0 Å². The summed E-state index contributed by atoms with van der Waals surface area (Å²) in [6.07, 6.45) is 0. The van der Waals surface area contributed by atoms with Crippen LogP contribution in [0.1, 0.15) is 0 Å². The zero-order valence-corrected chi connectivity index (χ0v) is 34.1. The molecule has 0 unspecified atom stereocenters. The van der Waals surface area contributed by atoms with Crippen LogP contribution in [0.2, 0.25) is 0 Å². The predicted molar refractivity (Wildman–Crippen MR) is 262 cm³/mol. The van der Waals surface area contributed by atoms with Gasteiger partial charge in [-0.25, -0.2) is 0 Å². The Balaban J connectivity index is 1.05. The van der Waals surface area contributed by atoms with E-state index >= 15 is 0 Å². The number of rotatable bonds is 7. The normalized spacial score (nSPS) is 11.6. The maximum Gasteiger partial charge on any atom is 0.0640 e. The molecule has 0 aliphatic rings. The number of hydrogen-bond acceptors (Lipinski definition) is 2. The highest BCUT2D eigenvalue weighted by Crippen LogP contribution is 2.47. The van der Waals surface area contributed by atoms with Gasteiger partial charge in [0.1, 0.15) is 0 Å². The van der Waals surface area contributed by atoms with Crippen LogP contribution in [0, 0.1) is 0 Å². The van der Waals surface area contributed by atoms with Crippen LogP contribution in [0.3, 0.4) is 0 Å². The lowest BCUT2D eigenvalue weighted by Gasteiger charge is -2.28. The van der Waals surface area contributed by atoms with E-state index in [1.165, 1.54) is 91.8 Å². The summed E-state index contributed by atoms with van der Waals surface area (Å²) in [6, 6.07) is 84.2. The molecule has 0 saturated carbocycles. The number of para-hydroxylation sites is 2. The number of fused-ring (bicyclic) bond motifs is 7. The Labute approximate surface area is 358 Å². The molecule has 0 fully saturated rings. The molecule has 3 heteroatoms. The maximum atomic E-state index is 2.48. The molecule has 0 saturated heterocycles. The second-order valence-electron chi connectivity index (χ2n) is 15.7. The van der Waals surface area contributed by atoms with Crippen molar-refractivity contribution in [3.05, 3.63) is 231 Å². The molecule has 2 heterocycles. The van der Waals surface area contributed by atoms with Crippen LogP contribution < -0.4 is 4.90 Å². The van der Waals surface area contributed by atoms with Gasteiger partial charge < -0.3 is 9.47 Å². The van der Waals surface area contributed by atoms with Crippen molar-refractivity contribution in [1.29, 1.82) is 0 Å². The van der Waals surface area contributed by atoms with Crippen LogP contribution in [0.5, 0.6) is 0 Å². The van der Waals surface area contributed by atoms with Crippen LogP contribution >= 0.6 is 11.3 Å². The van der Waals surface area contributed by atoms with Crippen molar-refractivity contribution >= 4 is 81.1 Å². The summed E-state index contributed by atoms with van der Waals surface area (Å²) in [5, 5.41) is 7.49. The fourth-order valence-electron chi connectivity index (χ4n) is 9.33. The van der Waals surface area contributed by atoms with Crippen molar-refractivity contribution in [2.75, 3.05) is 4.90 Å². The van der Waals surface area contributed by atoms with Gasteiger partial charge >= 0.3 is 0 Å². The van der Waals surface area contributed by atoms with Crippen molar-refractivity contribution in [1.82, 2.24) is 4.57 Å². The van der Waals surface area contributed by atoms with Crippen molar-refractivity contribution < 1.29 is 0 Å². The lowest BCUT2D eigenvalue weighted by molar-refractivity contribution is 1.18. The van der Waals surface area contributed by atoms with E-state index in [0.29, 0.717) is 0 Å². The third-order valence-corrected chi connectivity index (χ3v) is 13.3. The molecular weight excluding hydrogens is 757 g/mol. The summed E-state index contributed by atoms with van der Waals surface area (Å²) in [5.41, 5.74) is 14.2. The van der Waals surface area contributed by atoms with E-state index in [0.717, 1.165) is 17.1 Å². The van der Waals surface area contributed by atoms with E-state index in [1.54, 1.807) is 0 Å². The highest BCUT2D eigenvalue weighted by molar-refractivity contribution is 7.26. The largest absolute Gasteiger partial charge is 0.309 e. The summed E-state index contributed by atoms with van der Waals surface area (Å²) < 4.78 is 4.96. The molecule has 0 radical (unpaired) electrons. The highest BCUT2D eigenvalue weighted by Gasteiger charge is 2.21. The molecule has 0 N–H and O–H groups in total. The van der Waals surface area contributed by atoms with Crippen molar-refractivity contribution in [2.24, 2.45) is 0 Å². The Morgan fingerprint density at radius 3 is 1.74 bits per heavy atom. The smallest absolute Gasteiger partial charge is 0.0640 e. The Morgan fingerprint density at radius 1 is 0.361 bits per heavy atom. The fraction of sp³-hybridized carbons (Fsp3) is 0. The number of hydrogen-bond donors (Lipinski definition) is 0. The van der Waals surface area contributed by atoms with Crippen molar-refractivity contribution in [3.8, 4) is 39.1 Å². The van der Waals surface area contributed by atoms with E-state index in [4.69, 9.17) is 0 Å². The average molecular weight is 795 g/mol. The summed E-state index contributed by atoms with van der Waals surface area (Å²) >= 11 is 1.87. The Kier molecular flexibility index (Phi) is 8.39. The van der Waals surface area contributed by atoms with Gasteiger partial charge in [-0.05, 0) is 117 Å². The van der Waals surface area contributed by atoms with Gasteiger partial charge in [0.2, 0.25) is 0 Å². The molecule has 10 aromatic carbocycles. The minimum absolute atomic E-state index is 1.11. The van der Waals surface area contributed by atoms with Gasteiger partial charge in [0.25, 0.3) is 0 Å². The molecule has 12 aromatic rings. The second kappa shape index (κ2) is 14.5. The van der Waals surface area contributed by atoms with E-state index in [2.05, 4.69) is 240 Å². The zero-order chi connectivity index (χ0) is 40.3. The molecule has 61 heavy (non-hydrogen) atoms. The van der Waals surface area contributed by atoms with Gasteiger partial charge in [0.15, 0.2) is 0 Å². The van der Waals surface area contributed by atoms with Gasteiger partial charge in [-0.1, -0.05) is 158 Å². The first-order valence-electron chi connectivity index (χ1n) is 20.8. The predicted octanol–water partition coefficient (Wildman–Crippen LogP) is 16.8. The molecule has 0 spiro atoms. The van der Waals surface area contributed by atoms with Crippen molar-refractivity contribution in [2.45, 2.75) is 0 Å². The Bertz CT molecular complexity index is 3530. The minimum atomic E-state index is 1.11. The number of anilines is 3. The van der Waals surface area contributed by atoms with E-state index in [9.17, 15) is 0 Å². The van der Waals surface area contributed by atoms with Gasteiger partial charge in [-0.3, -0.25) is 0 Å². The van der Waals surface area contributed by atoms with Crippen LogP contribution in [0.25, 0.3) is 91.8 Å². The summed E-state index contributed by atoms with van der Waals surface area (Å²) in [4.78, 5) is 2.48. The lowest BCUT2D eigenvalue weighted by Crippen LogP contribution is -2.10. The summed E-state index contributed by atoms with van der Waals surface area (Å²) in [7, 11) is 0. The SMILES string of the molecule is c1ccc(-c2cc(-c3ccccc3)cc(N(c3ccc4cc(-c5cccc6c5c5ccccc5n6-c5ccccc5)ccc4c3)c3cccc4c3sc3ccccc34)c2)cc1. The molecule has 0 amide bonds. The first-order valence-corrected chi connectivity index (χ1v) is 21.6. The fourth-order valence-corrected chi connectivity index (χ4v) is 10.5. The molecule has 0 bridgehead atoms. The van der Waals surface area contributed by atoms with Crippen LogP contribution in [-0.2, 0) is 0 Å². The van der Waals surface area contributed by atoms with Gasteiger partial charge in [-0.2, -0.15) is 0 Å². The molecule has 0 atom stereocenters. The van der Waals surface area contributed by atoms with Gasteiger partial charge in [-0.15, -0.1) is 11.3 Å². The molecule has 286 valence electrons. The number of nitrogens with zero attached hydrogens (tertiary/aromatic N) is 2. The lowest BCUT2D eigenvalue weighted by atomic mass is 9.96. The molecule has 2 aromatic heterocycles. The van der Waals surface area contributed by atoms with E-state index in [-0.39, 0.29) is 0 Å². The van der Waals surface area contributed by atoms with Gasteiger partial charge in [0.05, 0.1) is 21.4 Å². The zero-order valence-electron chi connectivity index (χ0n) is 33.2. The topological polar surface area (TPSA) is 8.17 Å². The Hall–Kier alpha value is -7.72. The summed E-state index contributed by atoms with van der Waals surface area (Å²) in [5.74, 6) is 0. The minimum Gasteiger partial charge on any atom is -0.309 e.